The molecule has 1 nitrogen and oxygen atoms in total. The van der Waals surface area contributed by atoms with E-state index in [0.717, 1.165) is 11.3 Å². The van der Waals surface area contributed by atoms with Gasteiger partial charge in [-0.25, -0.2) is 4.39 Å². The molecule has 0 amide bonds. The second kappa shape index (κ2) is 9.96. The number of ether oxygens (including phenoxy) is 1. The van der Waals surface area contributed by atoms with Crippen molar-refractivity contribution in [3.05, 3.63) is 89.3 Å². The summed E-state index contributed by atoms with van der Waals surface area (Å²) in [6.07, 6.45) is 0.227. The molecule has 0 bridgehead atoms. The van der Waals surface area contributed by atoms with E-state index in [2.05, 4.69) is 0 Å². The van der Waals surface area contributed by atoms with E-state index in [0.29, 0.717) is 31.4 Å². The summed E-state index contributed by atoms with van der Waals surface area (Å²) in [6, 6.07) is 15.5. The van der Waals surface area contributed by atoms with Crippen LogP contribution in [0.25, 0.3) is 0 Å². The molecule has 0 heterocycles. The topological polar surface area (TPSA) is 9.23 Å². The molecule has 3 rings (SSSR count). The molecule has 0 spiro atoms. The second-order valence-corrected chi connectivity index (χ2v) is 7.56. The maximum atomic E-state index is 14.6. The van der Waals surface area contributed by atoms with Gasteiger partial charge in [-0.2, -0.15) is 13.2 Å². The van der Waals surface area contributed by atoms with Gasteiger partial charge in [-0.3, -0.25) is 0 Å². The summed E-state index contributed by atoms with van der Waals surface area (Å²) in [5.41, 5.74) is 1.86. The minimum absolute atomic E-state index is 0.149. The SMILES string of the molecule is CCOc1ccc(CCC2=CCC(C[C@@H](c3ccccc3)C(F)(F)F)C=C2F)cc1. The number of aryl methyl sites for hydroxylation is 1. The van der Waals surface area contributed by atoms with Crippen molar-refractivity contribution in [2.75, 3.05) is 6.61 Å². The lowest BCUT2D eigenvalue weighted by Gasteiger charge is -2.26. The highest BCUT2D eigenvalue weighted by molar-refractivity contribution is 5.33. The molecule has 2 atom stereocenters. The van der Waals surface area contributed by atoms with Gasteiger partial charge in [-0.15, -0.1) is 0 Å². The average molecular weight is 418 g/mol. The predicted octanol–water partition coefficient (Wildman–Crippen LogP) is 7.55. The van der Waals surface area contributed by atoms with Crippen LogP contribution in [0.3, 0.4) is 0 Å². The van der Waals surface area contributed by atoms with Crippen molar-refractivity contribution < 1.29 is 22.3 Å². The zero-order valence-electron chi connectivity index (χ0n) is 17.0. The molecule has 0 aliphatic heterocycles. The van der Waals surface area contributed by atoms with E-state index in [4.69, 9.17) is 4.74 Å². The molecule has 2 aromatic rings. The fourth-order valence-corrected chi connectivity index (χ4v) is 3.80. The molecule has 5 heteroatoms. The van der Waals surface area contributed by atoms with Gasteiger partial charge in [0, 0.05) is 0 Å². The van der Waals surface area contributed by atoms with Crippen molar-refractivity contribution in [2.24, 2.45) is 5.92 Å². The fraction of sp³-hybridized carbons (Fsp3) is 0.360. The van der Waals surface area contributed by atoms with Gasteiger partial charge in [0.05, 0.1) is 12.5 Å². The van der Waals surface area contributed by atoms with Gasteiger partial charge in [-0.1, -0.05) is 48.5 Å². The number of rotatable bonds is 8. The number of allylic oxidation sites excluding steroid dienone is 4. The molecule has 1 unspecified atom stereocenters. The average Bonchev–Trinajstić information content (AvgIpc) is 2.72. The molecule has 0 radical (unpaired) electrons. The number of alkyl halides is 3. The maximum Gasteiger partial charge on any atom is 0.395 e. The zero-order chi connectivity index (χ0) is 21.6. The third-order valence-corrected chi connectivity index (χ3v) is 5.41. The lowest BCUT2D eigenvalue weighted by Crippen LogP contribution is -2.23. The maximum absolute atomic E-state index is 14.6. The van der Waals surface area contributed by atoms with E-state index < -0.39 is 23.8 Å². The third-order valence-electron chi connectivity index (χ3n) is 5.41. The van der Waals surface area contributed by atoms with Crippen molar-refractivity contribution in [2.45, 2.75) is 44.7 Å². The van der Waals surface area contributed by atoms with Gasteiger partial charge in [0.1, 0.15) is 11.6 Å². The Bertz CT molecular complexity index is 866. The minimum Gasteiger partial charge on any atom is -0.494 e. The standard InChI is InChI=1S/C25H26F4O/c1-2-30-22-14-10-18(11-15-22)8-12-21-13-9-19(17-24(21)26)16-23(25(27,28)29)20-6-4-3-5-7-20/h3-7,10-11,13-15,17,19,23H,2,8-9,12,16H2,1H3/t19?,23-/m0/s1. The van der Waals surface area contributed by atoms with Gasteiger partial charge in [0.15, 0.2) is 0 Å². The Morgan fingerprint density at radius 1 is 1.00 bits per heavy atom. The smallest absolute Gasteiger partial charge is 0.395 e. The van der Waals surface area contributed by atoms with Gasteiger partial charge in [-0.05, 0) is 73.4 Å². The van der Waals surface area contributed by atoms with Crippen molar-refractivity contribution in [1.82, 2.24) is 0 Å². The van der Waals surface area contributed by atoms with Gasteiger partial charge in [0.25, 0.3) is 0 Å². The predicted molar refractivity (Wildman–Crippen MR) is 111 cm³/mol. The van der Waals surface area contributed by atoms with Crippen LogP contribution in [0.2, 0.25) is 0 Å². The molecule has 0 saturated carbocycles. The molecule has 0 N–H and O–H groups in total. The molecule has 2 aromatic carbocycles. The van der Waals surface area contributed by atoms with Crippen molar-refractivity contribution in [3.8, 4) is 5.75 Å². The molecular formula is C25H26F4O. The first kappa shape index (κ1) is 22.1. The third kappa shape index (κ3) is 5.97. The van der Waals surface area contributed by atoms with E-state index in [-0.39, 0.29) is 12.0 Å². The monoisotopic (exact) mass is 418 g/mol. The van der Waals surface area contributed by atoms with Crippen molar-refractivity contribution >= 4 is 0 Å². The van der Waals surface area contributed by atoms with Crippen molar-refractivity contribution in [1.29, 1.82) is 0 Å². The molecule has 1 aliphatic rings. The van der Waals surface area contributed by atoms with E-state index in [1.54, 1.807) is 24.3 Å². The number of halogens is 4. The van der Waals surface area contributed by atoms with Gasteiger partial charge >= 0.3 is 6.18 Å². The summed E-state index contributed by atoms with van der Waals surface area (Å²) in [5.74, 6) is -1.66. The molecule has 0 aromatic heterocycles. The van der Waals surface area contributed by atoms with E-state index in [1.165, 1.54) is 18.2 Å². The Morgan fingerprint density at radius 2 is 1.70 bits per heavy atom. The Hall–Kier alpha value is -2.56. The number of hydrogen-bond acceptors (Lipinski definition) is 1. The highest BCUT2D eigenvalue weighted by Crippen LogP contribution is 2.42. The molecule has 1 aliphatic carbocycles. The summed E-state index contributed by atoms with van der Waals surface area (Å²) in [6.45, 7) is 2.52. The normalized spacial score (nSPS) is 17.8. The molecule has 0 fully saturated rings. The van der Waals surface area contributed by atoms with Crippen LogP contribution in [-0.4, -0.2) is 12.8 Å². The second-order valence-electron chi connectivity index (χ2n) is 7.56. The highest BCUT2D eigenvalue weighted by Gasteiger charge is 2.41. The highest BCUT2D eigenvalue weighted by atomic mass is 19.4. The van der Waals surface area contributed by atoms with Crippen LogP contribution >= 0.6 is 0 Å². The summed E-state index contributed by atoms with van der Waals surface area (Å²) in [4.78, 5) is 0. The molecular weight excluding hydrogens is 392 g/mol. The largest absolute Gasteiger partial charge is 0.494 e. The molecule has 30 heavy (non-hydrogen) atoms. The Labute approximate surface area is 175 Å². The van der Waals surface area contributed by atoms with E-state index >= 15 is 0 Å². The summed E-state index contributed by atoms with van der Waals surface area (Å²) in [5, 5.41) is 0. The van der Waals surface area contributed by atoms with Crippen LogP contribution in [0, 0.1) is 5.92 Å². The Morgan fingerprint density at radius 3 is 2.30 bits per heavy atom. The first-order valence-electron chi connectivity index (χ1n) is 10.3. The van der Waals surface area contributed by atoms with Crippen LogP contribution in [0.15, 0.2) is 78.1 Å². The van der Waals surface area contributed by atoms with Gasteiger partial charge < -0.3 is 4.74 Å². The van der Waals surface area contributed by atoms with Crippen LogP contribution in [-0.2, 0) is 6.42 Å². The Kier molecular flexibility index (Phi) is 7.35. The lowest BCUT2D eigenvalue weighted by molar-refractivity contribution is -0.153. The first-order valence-corrected chi connectivity index (χ1v) is 10.3. The first-order chi connectivity index (χ1) is 14.4. The van der Waals surface area contributed by atoms with E-state index in [1.807, 2.05) is 31.2 Å². The quantitative estimate of drug-likeness (QED) is 0.402. The Balaban J connectivity index is 1.60. The van der Waals surface area contributed by atoms with E-state index in [9.17, 15) is 17.6 Å². The summed E-state index contributed by atoms with van der Waals surface area (Å²) in [7, 11) is 0. The summed E-state index contributed by atoms with van der Waals surface area (Å²) < 4.78 is 60.8. The minimum atomic E-state index is -4.36. The molecule has 0 saturated heterocycles. The zero-order valence-corrected chi connectivity index (χ0v) is 17.0. The fourth-order valence-electron chi connectivity index (χ4n) is 3.80. The van der Waals surface area contributed by atoms with Crippen molar-refractivity contribution in [3.63, 3.8) is 0 Å². The van der Waals surface area contributed by atoms with Crippen LogP contribution < -0.4 is 4.74 Å². The van der Waals surface area contributed by atoms with Gasteiger partial charge in [0.2, 0.25) is 0 Å². The van der Waals surface area contributed by atoms with Crippen LogP contribution in [0.1, 0.15) is 43.2 Å². The molecule has 160 valence electrons. The summed E-state index contributed by atoms with van der Waals surface area (Å²) >= 11 is 0. The lowest BCUT2D eigenvalue weighted by atomic mass is 9.83. The number of benzene rings is 2. The van der Waals surface area contributed by atoms with Crippen LogP contribution in [0.5, 0.6) is 5.75 Å². The van der Waals surface area contributed by atoms with Crippen LogP contribution in [0.4, 0.5) is 17.6 Å². The number of hydrogen-bond donors (Lipinski definition) is 0.